The maximum Gasteiger partial charge on any atom is 0.234 e. The van der Waals surface area contributed by atoms with Gasteiger partial charge in [0.2, 0.25) is 5.91 Å². The highest BCUT2D eigenvalue weighted by Gasteiger charge is 2.17. The molecule has 0 unspecified atom stereocenters. The number of nitrogens with zero attached hydrogens (tertiary/aromatic N) is 3. The lowest BCUT2D eigenvalue weighted by Gasteiger charge is -2.23. The second-order valence-corrected chi connectivity index (χ2v) is 7.36. The number of carbonyl (C=O) groups is 1. The molecule has 1 fully saturated rings. The van der Waals surface area contributed by atoms with E-state index >= 15 is 0 Å². The Morgan fingerprint density at radius 2 is 1.83 bits per heavy atom. The summed E-state index contributed by atoms with van der Waals surface area (Å²) in [4.78, 5) is 16.7. The third-order valence-corrected chi connectivity index (χ3v) is 5.08. The fourth-order valence-corrected chi connectivity index (χ4v) is 3.41. The van der Waals surface area contributed by atoms with E-state index in [1.54, 1.807) is 24.3 Å². The molecule has 1 saturated heterocycles. The Kier molecular flexibility index (Phi) is 7.74. The Labute approximate surface area is 176 Å². The summed E-state index contributed by atoms with van der Waals surface area (Å²) in [5.41, 5.74) is 1.79. The van der Waals surface area contributed by atoms with E-state index in [4.69, 9.17) is 21.6 Å². The quantitative estimate of drug-likeness (QED) is 0.708. The van der Waals surface area contributed by atoms with Crippen LogP contribution >= 0.6 is 11.6 Å². The SMILES string of the molecule is N#Cc1ccc(N2CCCN(CC(=O)NCCOc3ccc(Cl)cc3)CC2)cc1. The van der Waals surface area contributed by atoms with E-state index in [1.165, 1.54) is 0 Å². The van der Waals surface area contributed by atoms with E-state index in [9.17, 15) is 4.79 Å². The van der Waals surface area contributed by atoms with Crippen molar-refractivity contribution in [1.29, 1.82) is 5.26 Å². The van der Waals surface area contributed by atoms with Gasteiger partial charge in [0.05, 0.1) is 24.7 Å². The maximum absolute atomic E-state index is 12.2. The largest absolute Gasteiger partial charge is 0.492 e. The van der Waals surface area contributed by atoms with Crippen LogP contribution in [0.5, 0.6) is 5.75 Å². The summed E-state index contributed by atoms with van der Waals surface area (Å²) >= 11 is 5.84. The molecule has 29 heavy (non-hydrogen) atoms. The van der Waals surface area contributed by atoms with Crippen molar-refractivity contribution in [1.82, 2.24) is 10.2 Å². The summed E-state index contributed by atoms with van der Waals surface area (Å²) in [6.45, 7) is 4.79. The van der Waals surface area contributed by atoms with Crippen LogP contribution in [0.25, 0.3) is 0 Å². The first kappa shape index (κ1) is 21.0. The molecule has 1 N–H and O–H groups in total. The van der Waals surface area contributed by atoms with Gasteiger partial charge in [-0.05, 0) is 55.0 Å². The number of nitrogens with one attached hydrogen (secondary N) is 1. The van der Waals surface area contributed by atoms with Crippen molar-refractivity contribution < 1.29 is 9.53 Å². The molecule has 6 nitrogen and oxygen atoms in total. The van der Waals surface area contributed by atoms with Crippen LogP contribution in [-0.4, -0.2) is 56.7 Å². The highest BCUT2D eigenvalue weighted by Crippen LogP contribution is 2.17. The highest BCUT2D eigenvalue weighted by atomic mass is 35.5. The van der Waals surface area contributed by atoms with E-state index in [1.807, 2.05) is 24.3 Å². The topological polar surface area (TPSA) is 68.6 Å². The monoisotopic (exact) mass is 412 g/mol. The number of anilines is 1. The first-order valence-electron chi connectivity index (χ1n) is 9.76. The second kappa shape index (κ2) is 10.7. The van der Waals surface area contributed by atoms with Crippen LogP contribution in [-0.2, 0) is 4.79 Å². The van der Waals surface area contributed by atoms with Gasteiger partial charge in [-0.1, -0.05) is 11.6 Å². The van der Waals surface area contributed by atoms with E-state index in [-0.39, 0.29) is 5.91 Å². The van der Waals surface area contributed by atoms with Crippen LogP contribution < -0.4 is 15.0 Å². The molecule has 2 aromatic carbocycles. The molecule has 3 rings (SSSR count). The number of hydrogen-bond donors (Lipinski definition) is 1. The molecule has 0 saturated carbocycles. The minimum absolute atomic E-state index is 0.0107. The summed E-state index contributed by atoms with van der Waals surface area (Å²) in [6, 6.07) is 17.0. The van der Waals surface area contributed by atoms with Gasteiger partial charge in [-0.2, -0.15) is 5.26 Å². The number of amides is 1. The molecule has 0 radical (unpaired) electrons. The lowest BCUT2D eigenvalue weighted by molar-refractivity contribution is -0.122. The van der Waals surface area contributed by atoms with Gasteiger partial charge in [0.25, 0.3) is 0 Å². The summed E-state index contributed by atoms with van der Waals surface area (Å²) in [7, 11) is 0. The number of ether oxygens (including phenoxy) is 1. The average Bonchev–Trinajstić information content (AvgIpc) is 2.98. The van der Waals surface area contributed by atoms with Crippen molar-refractivity contribution >= 4 is 23.2 Å². The van der Waals surface area contributed by atoms with E-state index in [0.717, 1.165) is 44.0 Å². The molecule has 1 amide bonds. The number of halogens is 1. The van der Waals surface area contributed by atoms with Crippen LogP contribution in [0.15, 0.2) is 48.5 Å². The molecule has 0 aliphatic carbocycles. The average molecular weight is 413 g/mol. The lowest BCUT2D eigenvalue weighted by Crippen LogP contribution is -2.40. The van der Waals surface area contributed by atoms with Crippen LogP contribution in [0.3, 0.4) is 0 Å². The summed E-state index contributed by atoms with van der Waals surface area (Å²) in [5.74, 6) is 0.746. The second-order valence-electron chi connectivity index (χ2n) is 6.93. The van der Waals surface area contributed by atoms with Crippen LogP contribution in [0.1, 0.15) is 12.0 Å². The summed E-state index contributed by atoms with van der Waals surface area (Å²) in [5, 5.41) is 12.5. The Hall–Kier alpha value is -2.75. The summed E-state index contributed by atoms with van der Waals surface area (Å²) in [6.07, 6.45) is 0.993. The van der Waals surface area contributed by atoms with Gasteiger partial charge in [-0.3, -0.25) is 9.69 Å². The lowest BCUT2D eigenvalue weighted by atomic mass is 10.2. The van der Waals surface area contributed by atoms with Gasteiger partial charge in [-0.25, -0.2) is 0 Å². The minimum atomic E-state index is 0.0107. The molecular formula is C22H25ClN4O2. The van der Waals surface area contributed by atoms with Crippen LogP contribution in [0, 0.1) is 11.3 Å². The van der Waals surface area contributed by atoms with Crippen molar-refractivity contribution in [2.75, 3.05) is 50.8 Å². The number of benzene rings is 2. The Bertz CT molecular complexity index is 833. The third-order valence-electron chi connectivity index (χ3n) is 4.82. The van der Waals surface area contributed by atoms with Gasteiger partial charge in [0.1, 0.15) is 12.4 Å². The molecule has 1 heterocycles. The number of carbonyl (C=O) groups excluding carboxylic acids is 1. The molecule has 152 valence electrons. The van der Waals surface area contributed by atoms with Crippen molar-refractivity contribution in [3.63, 3.8) is 0 Å². The van der Waals surface area contributed by atoms with Crippen molar-refractivity contribution in [3.8, 4) is 11.8 Å². The zero-order valence-electron chi connectivity index (χ0n) is 16.3. The van der Waals surface area contributed by atoms with Crippen molar-refractivity contribution in [2.24, 2.45) is 0 Å². The van der Waals surface area contributed by atoms with E-state index < -0.39 is 0 Å². The number of hydrogen-bond acceptors (Lipinski definition) is 5. The predicted molar refractivity (Wildman–Crippen MR) is 114 cm³/mol. The van der Waals surface area contributed by atoms with Crippen molar-refractivity contribution in [3.05, 3.63) is 59.1 Å². The summed E-state index contributed by atoms with van der Waals surface area (Å²) < 4.78 is 5.59. The highest BCUT2D eigenvalue weighted by molar-refractivity contribution is 6.30. The molecule has 0 bridgehead atoms. The maximum atomic E-state index is 12.2. The molecule has 2 aromatic rings. The smallest absolute Gasteiger partial charge is 0.234 e. The normalized spacial score (nSPS) is 14.7. The third kappa shape index (κ3) is 6.67. The van der Waals surface area contributed by atoms with Crippen molar-refractivity contribution in [2.45, 2.75) is 6.42 Å². The molecule has 0 aromatic heterocycles. The van der Waals surface area contributed by atoms with Gasteiger partial charge in [0.15, 0.2) is 0 Å². The van der Waals surface area contributed by atoms with E-state index in [2.05, 4.69) is 21.2 Å². The first-order valence-corrected chi connectivity index (χ1v) is 10.1. The molecule has 1 aliphatic rings. The number of nitriles is 1. The minimum Gasteiger partial charge on any atom is -0.492 e. The van der Waals surface area contributed by atoms with Gasteiger partial charge < -0.3 is 15.0 Å². The predicted octanol–water partition coefficient (Wildman–Crippen LogP) is 2.92. The molecule has 0 atom stereocenters. The Morgan fingerprint density at radius 1 is 1.07 bits per heavy atom. The van der Waals surface area contributed by atoms with E-state index in [0.29, 0.717) is 30.3 Å². The Morgan fingerprint density at radius 3 is 2.55 bits per heavy atom. The first-order chi connectivity index (χ1) is 14.1. The van der Waals surface area contributed by atoms with Crippen LogP contribution in [0.4, 0.5) is 5.69 Å². The standard InChI is InChI=1S/C22H25ClN4O2/c23-19-4-8-21(9-5-19)29-15-10-25-22(28)17-26-11-1-12-27(14-13-26)20-6-2-18(16-24)3-7-20/h2-9H,1,10-15,17H2,(H,25,28). The Balaban J connectivity index is 1.37. The van der Waals surface area contributed by atoms with Gasteiger partial charge in [-0.15, -0.1) is 0 Å². The fraction of sp³-hybridized carbons (Fsp3) is 0.364. The molecule has 1 aliphatic heterocycles. The number of rotatable bonds is 7. The molecule has 7 heteroatoms. The van der Waals surface area contributed by atoms with Gasteiger partial charge >= 0.3 is 0 Å². The van der Waals surface area contributed by atoms with Crippen LogP contribution in [0.2, 0.25) is 5.02 Å². The fourth-order valence-electron chi connectivity index (χ4n) is 3.28. The zero-order valence-corrected chi connectivity index (χ0v) is 17.1. The molecule has 0 spiro atoms. The van der Waals surface area contributed by atoms with Gasteiger partial charge in [0, 0.05) is 36.9 Å². The molecular weight excluding hydrogens is 388 g/mol. The zero-order chi connectivity index (χ0) is 20.5.